The van der Waals surface area contributed by atoms with Crippen LogP contribution in [0.15, 0.2) is 22.8 Å². The molecule has 0 aromatic rings. The zero-order valence-corrected chi connectivity index (χ0v) is 23.1. The molecule has 0 spiro atoms. The van der Waals surface area contributed by atoms with Crippen LogP contribution in [0.25, 0.3) is 0 Å². The van der Waals surface area contributed by atoms with Crippen molar-refractivity contribution in [3.8, 4) is 0 Å². The van der Waals surface area contributed by atoms with Crippen LogP contribution in [0.4, 0.5) is 0 Å². The SMILES string of the molecule is CCCCCCCC(=O)O[C@H]1CC[C@]2(C)O[C@H]2[C@H](O)C2=C(C)C(=O)O[C@]2(OC)C/C(C)=C/CC[C@H]1C. The van der Waals surface area contributed by atoms with E-state index in [1.807, 2.05) is 13.8 Å². The number of allylic oxidation sites excluding steroid dienone is 1. The number of hydrogen-bond acceptors (Lipinski definition) is 7. The molecule has 7 nitrogen and oxygen atoms in total. The number of ether oxygens (including phenoxy) is 4. The highest BCUT2D eigenvalue weighted by Gasteiger charge is 2.61. The molecule has 36 heavy (non-hydrogen) atoms. The molecule has 3 aliphatic rings. The summed E-state index contributed by atoms with van der Waals surface area (Å²) in [6, 6.07) is 0. The summed E-state index contributed by atoms with van der Waals surface area (Å²) in [6.07, 6.45) is 9.67. The van der Waals surface area contributed by atoms with Crippen molar-refractivity contribution in [3.05, 3.63) is 22.8 Å². The van der Waals surface area contributed by atoms with Gasteiger partial charge < -0.3 is 24.1 Å². The standard InChI is InChI=1S/C29H46O7/c1-7-8-9-10-11-15-23(30)34-22-16-17-28(5)26(35-28)25(31)24-21(4)27(32)36-29(24,33-6)18-19(2)13-12-14-20(22)3/h13,20,22,25-26,31H,7-12,14-18H2,1-6H3/b19-13+/t20-,22+,25-,26+,28+,29-/m1/s1. The fraction of sp³-hybridized carbons (Fsp3) is 0.793. The average Bonchev–Trinajstić information content (AvgIpc) is 3.44. The number of fused-ring (bicyclic) bond motifs is 2. The molecule has 1 aliphatic carbocycles. The highest BCUT2D eigenvalue weighted by molar-refractivity contribution is 5.92. The first-order valence-electron chi connectivity index (χ1n) is 13.8. The summed E-state index contributed by atoms with van der Waals surface area (Å²) >= 11 is 0. The van der Waals surface area contributed by atoms with Crippen molar-refractivity contribution in [2.24, 2.45) is 5.92 Å². The van der Waals surface area contributed by atoms with Crippen LogP contribution >= 0.6 is 0 Å². The normalized spacial score (nSPS) is 36.8. The van der Waals surface area contributed by atoms with Gasteiger partial charge in [0, 0.05) is 31.1 Å². The van der Waals surface area contributed by atoms with Gasteiger partial charge in [0.1, 0.15) is 18.3 Å². The fourth-order valence-electron chi connectivity index (χ4n) is 5.69. The molecule has 6 atom stereocenters. The lowest BCUT2D eigenvalue weighted by Crippen LogP contribution is -2.41. The molecule has 1 fully saturated rings. The van der Waals surface area contributed by atoms with Crippen LogP contribution in [-0.4, -0.2) is 53.9 Å². The number of unbranched alkanes of at least 4 members (excludes halogenated alkanes) is 4. The molecule has 0 aromatic heterocycles. The van der Waals surface area contributed by atoms with E-state index >= 15 is 0 Å². The van der Waals surface area contributed by atoms with Crippen LogP contribution in [0.3, 0.4) is 0 Å². The number of rotatable bonds is 8. The maximum atomic E-state index is 12.6. The van der Waals surface area contributed by atoms with Crippen LogP contribution in [-0.2, 0) is 28.5 Å². The quantitative estimate of drug-likeness (QED) is 0.200. The zero-order chi connectivity index (χ0) is 26.5. The minimum atomic E-state index is -1.32. The van der Waals surface area contributed by atoms with Gasteiger partial charge in [-0.05, 0) is 58.8 Å². The van der Waals surface area contributed by atoms with E-state index in [4.69, 9.17) is 18.9 Å². The third-order valence-corrected chi connectivity index (χ3v) is 8.18. The second kappa shape index (κ2) is 12.2. The van der Waals surface area contributed by atoms with Gasteiger partial charge in [-0.15, -0.1) is 0 Å². The summed E-state index contributed by atoms with van der Waals surface area (Å²) in [4.78, 5) is 25.2. The molecule has 2 heterocycles. The molecule has 0 aromatic carbocycles. The van der Waals surface area contributed by atoms with Gasteiger partial charge in [-0.25, -0.2) is 4.79 Å². The van der Waals surface area contributed by atoms with Crippen molar-refractivity contribution in [1.82, 2.24) is 0 Å². The number of hydrogen-bond donors (Lipinski definition) is 1. The van der Waals surface area contributed by atoms with E-state index in [1.165, 1.54) is 20.0 Å². The lowest BCUT2D eigenvalue weighted by molar-refractivity contribution is -0.195. The van der Waals surface area contributed by atoms with Crippen molar-refractivity contribution < 1.29 is 33.6 Å². The first kappa shape index (κ1) is 28.9. The van der Waals surface area contributed by atoms with Gasteiger partial charge in [0.05, 0.1) is 5.60 Å². The second-order valence-corrected chi connectivity index (χ2v) is 11.2. The Bertz CT molecular complexity index is 862. The van der Waals surface area contributed by atoms with E-state index in [0.29, 0.717) is 36.8 Å². The molecule has 1 saturated heterocycles. The summed E-state index contributed by atoms with van der Waals surface area (Å²) in [6.45, 7) is 9.94. The van der Waals surface area contributed by atoms with Crippen LogP contribution in [0.5, 0.6) is 0 Å². The smallest absolute Gasteiger partial charge is 0.336 e. The Morgan fingerprint density at radius 2 is 1.92 bits per heavy atom. The highest BCUT2D eigenvalue weighted by atomic mass is 16.7. The predicted octanol–water partition coefficient (Wildman–Crippen LogP) is 5.54. The van der Waals surface area contributed by atoms with E-state index in [2.05, 4.69) is 19.9 Å². The van der Waals surface area contributed by atoms with Gasteiger partial charge in [-0.2, -0.15) is 0 Å². The molecule has 0 unspecified atom stereocenters. The molecule has 7 heteroatoms. The summed E-state index contributed by atoms with van der Waals surface area (Å²) in [5, 5.41) is 11.4. The van der Waals surface area contributed by atoms with Gasteiger partial charge in [0.25, 0.3) is 0 Å². The van der Waals surface area contributed by atoms with Gasteiger partial charge in [0.2, 0.25) is 5.79 Å². The van der Waals surface area contributed by atoms with Crippen molar-refractivity contribution in [2.75, 3.05) is 7.11 Å². The van der Waals surface area contributed by atoms with E-state index < -0.39 is 29.6 Å². The largest absolute Gasteiger partial charge is 0.462 e. The molecular formula is C29H46O7. The first-order valence-corrected chi connectivity index (χ1v) is 13.8. The number of esters is 2. The van der Waals surface area contributed by atoms with Gasteiger partial charge in [-0.3, -0.25) is 4.79 Å². The van der Waals surface area contributed by atoms with Crippen LogP contribution in [0.1, 0.15) is 105 Å². The summed E-state index contributed by atoms with van der Waals surface area (Å²) < 4.78 is 23.5. The molecule has 3 rings (SSSR count). The van der Waals surface area contributed by atoms with Crippen molar-refractivity contribution >= 4 is 11.9 Å². The van der Waals surface area contributed by atoms with E-state index in [1.54, 1.807) is 6.92 Å². The zero-order valence-electron chi connectivity index (χ0n) is 23.1. The number of carbonyl (C=O) groups is 2. The highest BCUT2D eigenvalue weighted by Crippen LogP contribution is 2.50. The minimum Gasteiger partial charge on any atom is -0.462 e. The summed E-state index contributed by atoms with van der Waals surface area (Å²) in [5.74, 6) is -1.73. The van der Waals surface area contributed by atoms with Gasteiger partial charge >= 0.3 is 11.9 Å². The lowest BCUT2D eigenvalue weighted by atomic mass is 9.84. The number of aliphatic hydroxyl groups excluding tert-OH is 1. The van der Waals surface area contributed by atoms with Crippen LogP contribution in [0.2, 0.25) is 0 Å². The predicted molar refractivity (Wildman–Crippen MR) is 137 cm³/mol. The number of epoxide rings is 1. The molecule has 0 amide bonds. The summed E-state index contributed by atoms with van der Waals surface area (Å²) in [5.41, 5.74) is 1.26. The van der Waals surface area contributed by atoms with E-state index in [9.17, 15) is 14.7 Å². The van der Waals surface area contributed by atoms with E-state index in [-0.39, 0.29) is 18.0 Å². The maximum Gasteiger partial charge on any atom is 0.336 e. The molecular weight excluding hydrogens is 460 g/mol. The lowest BCUT2D eigenvalue weighted by Gasteiger charge is -2.32. The number of aliphatic hydroxyl groups is 1. The minimum absolute atomic E-state index is 0.123. The van der Waals surface area contributed by atoms with Crippen molar-refractivity contribution in [1.29, 1.82) is 0 Å². The summed E-state index contributed by atoms with van der Waals surface area (Å²) in [7, 11) is 1.51. The monoisotopic (exact) mass is 506 g/mol. The van der Waals surface area contributed by atoms with Crippen LogP contribution < -0.4 is 0 Å². The third kappa shape index (κ3) is 6.59. The molecule has 1 N–H and O–H groups in total. The van der Waals surface area contributed by atoms with Gasteiger partial charge in [-0.1, -0.05) is 51.2 Å². The molecule has 0 saturated carbocycles. The topological polar surface area (TPSA) is 94.6 Å². The first-order chi connectivity index (χ1) is 17.1. The Balaban J connectivity index is 1.76. The molecule has 0 bridgehead atoms. The van der Waals surface area contributed by atoms with Gasteiger partial charge in [0.15, 0.2) is 0 Å². The van der Waals surface area contributed by atoms with Crippen molar-refractivity contribution in [3.63, 3.8) is 0 Å². The van der Waals surface area contributed by atoms with E-state index in [0.717, 1.165) is 37.7 Å². The fourth-order valence-corrected chi connectivity index (χ4v) is 5.69. The number of carbonyl (C=O) groups excluding carboxylic acids is 2. The Hall–Kier alpha value is -1.70. The molecule has 2 aliphatic heterocycles. The number of methoxy groups -OCH3 is 1. The Morgan fingerprint density at radius 1 is 1.19 bits per heavy atom. The second-order valence-electron chi connectivity index (χ2n) is 11.2. The van der Waals surface area contributed by atoms with Crippen LogP contribution in [0, 0.1) is 5.92 Å². The maximum absolute atomic E-state index is 12.6. The Kier molecular flexibility index (Phi) is 9.81. The Labute approximate surface area is 216 Å². The molecule has 204 valence electrons. The average molecular weight is 507 g/mol. The van der Waals surface area contributed by atoms with Crippen molar-refractivity contribution in [2.45, 2.75) is 135 Å². The Morgan fingerprint density at radius 3 is 2.61 bits per heavy atom. The molecule has 0 radical (unpaired) electrons. The third-order valence-electron chi connectivity index (χ3n) is 8.18.